The Kier molecular flexibility index (Phi) is 8.02. The molecule has 0 saturated carbocycles. The average Bonchev–Trinajstić information content (AvgIpc) is 2.68. The molecule has 2 N–H and O–H groups in total. The van der Waals surface area contributed by atoms with Gasteiger partial charge in [0.15, 0.2) is 0 Å². The van der Waals surface area contributed by atoms with Crippen LogP contribution in [0, 0.1) is 0 Å². The number of hydrogen-bond acceptors (Lipinski definition) is 4. The van der Waals surface area contributed by atoms with Crippen molar-refractivity contribution in [3.05, 3.63) is 60.2 Å². The van der Waals surface area contributed by atoms with E-state index in [9.17, 15) is 13.2 Å². The Balaban J connectivity index is 2.22. The zero-order valence-corrected chi connectivity index (χ0v) is 17.3. The molecule has 0 aromatic heterocycles. The number of sulfonamides is 1. The Morgan fingerprint density at radius 1 is 1.04 bits per heavy atom. The highest BCUT2D eigenvalue weighted by Crippen LogP contribution is 2.17. The Morgan fingerprint density at radius 3 is 2.25 bits per heavy atom. The fraction of sp³-hybridized carbons (Fsp3) is 0.381. The molecule has 0 aliphatic rings. The summed E-state index contributed by atoms with van der Waals surface area (Å²) in [7, 11) is -3.87. The van der Waals surface area contributed by atoms with Crippen molar-refractivity contribution in [3.8, 4) is 5.75 Å². The van der Waals surface area contributed by atoms with Crippen LogP contribution in [0.3, 0.4) is 0 Å². The Morgan fingerprint density at radius 2 is 1.68 bits per heavy atom. The molecule has 0 spiro atoms. The lowest BCUT2D eigenvalue weighted by Gasteiger charge is -2.21. The van der Waals surface area contributed by atoms with Gasteiger partial charge in [0.05, 0.1) is 11.5 Å². The second-order valence-electron chi connectivity index (χ2n) is 6.59. The predicted octanol–water partition coefficient (Wildman–Crippen LogP) is 2.89. The molecule has 2 rings (SSSR count). The average molecular weight is 405 g/mol. The minimum absolute atomic E-state index is 0.0410. The molecule has 0 aliphatic carbocycles. The van der Waals surface area contributed by atoms with Crippen LogP contribution in [0.15, 0.2) is 59.5 Å². The van der Waals surface area contributed by atoms with Gasteiger partial charge in [-0.15, -0.1) is 0 Å². The van der Waals surface area contributed by atoms with Crippen molar-refractivity contribution in [1.82, 2.24) is 10.0 Å². The van der Waals surface area contributed by atoms with Gasteiger partial charge in [0.1, 0.15) is 11.8 Å². The predicted molar refractivity (Wildman–Crippen MR) is 110 cm³/mol. The number of carbonyl (C=O) groups is 1. The summed E-state index contributed by atoms with van der Waals surface area (Å²) in [5, 5.41) is 2.86. The largest absolute Gasteiger partial charge is 0.494 e. The number of nitrogens with one attached hydrogen (secondary N) is 2. The molecule has 2 atom stereocenters. The Hall–Kier alpha value is -2.38. The number of benzene rings is 2. The van der Waals surface area contributed by atoms with E-state index in [1.165, 1.54) is 12.1 Å². The van der Waals surface area contributed by atoms with E-state index < -0.39 is 16.1 Å². The highest BCUT2D eigenvalue weighted by molar-refractivity contribution is 7.89. The van der Waals surface area contributed by atoms with E-state index in [4.69, 9.17) is 4.74 Å². The van der Waals surface area contributed by atoms with Gasteiger partial charge in [0.2, 0.25) is 15.9 Å². The van der Waals surface area contributed by atoms with E-state index in [0.29, 0.717) is 12.4 Å². The number of ether oxygens (including phenoxy) is 1. The first-order valence-electron chi connectivity index (χ1n) is 9.45. The van der Waals surface area contributed by atoms with Crippen molar-refractivity contribution >= 4 is 15.9 Å². The minimum Gasteiger partial charge on any atom is -0.494 e. The maximum atomic E-state index is 12.8. The summed E-state index contributed by atoms with van der Waals surface area (Å²) in [5.74, 6) is 0.254. The molecule has 0 saturated heterocycles. The summed E-state index contributed by atoms with van der Waals surface area (Å²) >= 11 is 0. The van der Waals surface area contributed by atoms with Gasteiger partial charge in [-0.3, -0.25) is 4.79 Å². The molecule has 7 heteroatoms. The van der Waals surface area contributed by atoms with Crippen LogP contribution in [0.5, 0.6) is 5.75 Å². The van der Waals surface area contributed by atoms with E-state index in [-0.39, 0.29) is 23.3 Å². The van der Waals surface area contributed by atoms with E-state index >= 15 is 0 Å². The molecule has 1 amide bonds. The quantitative estimate of drug-likeness (QED) is 0.638. The summed E-state index contributed by atoms with van der Waals surface area (Å²) in [5.41, 5.74) is 0.876. The van der Waals surface area contributed by atoms with Crippen molar-refractivity contribution in [1.29, 1.82) is 0 Å². The first-order chi connectivity index (χ1) is 13.4. The van der Waals surface area contributed by atoms with Crippen LogP contribution in [0.1, 0.15) is 32.8 Å². The van der Waals surface area contributed by atoms with Crippen molar-refractivity contribution in [2.24, 2.45) is 0 Å². The van der Waals surface area contributed by atoms with Crippen LogP contribution in [-0.2, 0) is 21.2 Å². The Labute approximate surface area is 167 Å². The number of amides is 1. The molecule has 0 heterocycles. The van der Waals surface area contributed by atoms with Crippen molar-refractivity contribution in [2.45, 2.75) is 50.6 Å². The normalized spacial score (nSPS) is 13.5. The van der Waals surface area contributed by atoms with Crippen LogP contribution in [0.2, 0.25) is 0 Å². The van der Waals surface area contributed by atoms with E-state index in [1.807, 2.05) is 51.1 Å². The smallest absolute Gasteiger partial charge is 0.241 e. The number of hydrogen-bond donors (Lipinski definition) is 2. The molecule has 0 bridgehead atoms. The first-order valence-corrected chi connectivity index (χ1v) is 10.9. The van der Waals surface area contributed by atoms with Crippen LogP contribution in [-0.4, -0.2) is 33.0 Å². The van der Waals surface area contributed by atoms with Gasteiger partial charge in [-0.25, -0.2) is 8.42 Å². The van der Waals surface area contributed by atoms with Gasteiger partial charge in [-0.2, -0.15) is 4.72 Å². The fourth-order valence-corrected chi connectivity index (χ4v) is 3.82. The van der Waals surface area contributed by atoms with Crippen molar-refractivity contribution < 1.29 is 17.9 Å². The molecular weight excluding hydrogens is 376 g/mol. The summed E-state index contributed by atoms with van der Waals surface area (Å²) in [4.78, 5) is 12.8. The van der Waals surface area contributed by atoms with Crippen LogP contribution < -0.4 is 14.8 Å². The molecule has 6 nitrogen and oxygen atoms in total. The number of rotatable bonds is 10. The van der Waals surface area contributed by atoms with E-state index in [1.54, 1.807) is 12.1 Å². The summed E-state index contributed by atoms with van der Waals surface area (Å²) in [6, 6.07) is 14.5. The summed E-state index contributed by atoms with van der Waals surface area (Å²) in [6.07, 6.45) is 1.02. The van der Waals surface area contributed by atoms with Crippen molar-refractivity contribution in [2.75, 3.05) is 6.61 Å². The standard InChI is InChI=1S/C21H28N2O4S/c1-4-16(3)22-21(24)20(15-17-9-7-6-8-10-17)23-28(25,26)19-13-11-18(12-14-19)27-5-2/h6-14,16,20,23H,4-5,15H2,1-3H3,(H,22,24). The van der Waals surface area contributed by atoms with Crippen molar-refractivity contribution in [3.63, 3.8) is 0 Å². The monoisotopic (exact) mass is 404 g/mol. The van der Waals surface area contributed by atoms with Crippen LogP contribution in [0.4, 0.5) is 0 Å². The SMILES string of the molecule is CCOc1ccc(S(=O)(=O)NC(Cc2ccccc2)C(=O)NC(C)CC)cc1. The van der Waals surface area contributed by atoms with Gasteiger partial charge in [0.25, 0.3) is 0 Å². The van der Waals surface area contributed by atoms with E-state index in [2.05, 4.69) is 10.0 Å². The zero-order chi connectivity index (χ0) is 20.6. The lowest BCUT2D eigenvalue weighted by Crippen LogP contribution is -2.50. The first kappa shape index (κ1) is 21.9. The lowest BCUT2D eigenvalue weighted by atomic mass is 10.1. The molecule has 2 unspecified atom stereocenters. The minimum atomic E-state index is -3.87. The third kappa shape index (κ3) is 6.35. The molecule has 152 valence electrons. The molecule has 0 aliphatic heterocycles. The molecule has 28 heavy (non-hydrogen) atoms. The third-order valence-electron chi connectivity index (χ3n) is 4.34. The second kappa shape index (κ2) is 10.2. The molecular formula is C21H28N2O4S. The lowest BCUT2D eigenvalue weighted by molar-refractivity contribution is -0.123. The highest BCUT2D eigenvalue weighted by atomic mass is 32.2. The topological polar surface area (TPSA) is 84.5 Å². The highest BCUT2D eigenvalue weighted by Gasteiger charge is 2.26. The summed E-state index contributed by atoms with van der Waals surface area (Å²) in [6.45, 7) is 6.20. The van der Waals surface area contributed by atoms with Gasteiger partial charge in [-0.1, -0.05) is 37.3 Å². The zero-order valence-electron chi connectivity index (χ0n) is 16.5. The molecule has 2 aromatic carbocycles. The van der Waals surface area contributed by atoms with Crippen LogP contribution in [0.25, 0.3) is 0 Å². The van der Waals surface area contributed by atoms with Gasteiger partial charge in [0, 0.05) is 6.04 Å². The van der Waals surface area contributed by atoms with Gasteiger partial charge in [-0.05, 0) is 56.5 Å². The third-order valence-corrected chi connectivity index (χ3v) is 5.83. The maximum Gasteiger partial charge on any atom is 0.241 e. The fourth-order valence-electron chi connectivity index (χ4n) is 2.62. The molecule has 2 aromatic rings. The Bertz CT molecular complexity index is 852. The maximum absolute atomic E-state index is 12.8. The second-order valence-corrected chi connectivity index (χ2v) is 8.30. The summed E-state index contributed by atoms with van der Waals surface area (Å²) < 4.78 is 33.6. The van der Waals surface area contributed by atoms with Gasteiger partial charge >= 0.3 is 0 Å². The van der Waals surface area contributed by atoms with Gasteiger partial charge < -0.3 is 10.1 Å². The van der Waals surface area contributed by atoms with E-state index in [0.717, 1.165) is 12.0 Å². The van der Waals surface area contributed by atoms with Crippen LogP contribution >= 0.6 is 0 Å². The molecule has 0 radical (unpaired) electrons. The number of carbonyl (C=O) groups excluding carboxylic acids is 1. The molecule has 0 fully saturated rings.